The molecule has 6 nitrogen and oxygen atoms in total. The average molecular weight is 311 g/mol. The maximum absolute atomic E-state index is 12.0. The molecule has 0 spiro atoms. The lowest BCUT2D eigenvalue weighted by atomic mass is 9.85. The quantitative estimate of drug-likeness (QED) is 0.777. The maximum Gasteiger partial charge on any atom is 0.315 e. The number of aromatic nitrogens is 1. The van der Waals surface area contributed by atoms with Crippen molar-refractivity contribution in [3.8, 4) is 0 Å². The summed E-state index contributed by atoms with van der Waals surface area (Å²) >= 11 is 1.56. The monoisotopic (exact) mass is 311 g/mol. The first-order valence-electron chi connectivity index (χ1n) is 7.10. The number of nitrogens with one attached hydrogen (secondary N) is 2. The molecule has 1 aromatic rings. The van der Waals surface area contributed by atoms with E-state index in [4.69, 9.17) is 0 Å². The van der Waals surface area contributed by atoms with Gasteiger partial charge >= 0.3 is 12.0 Å². The molecular formula is C14H21N3O3S. The van der Waals surface area contributed by atoms with Gasteiger partial charge in [0.25, 0.3) is 0 Å². The Labute approximate surface area is 128 Å². The number of thiazole rings is 1. The van der Waals surface area contributed by atoms with E-state index < -0.39 is 11.4 Å². The van der Waals surface area contributed by atoms with Gasteiger partial charge in [0, 0.05) is 30.1 Å². The molecule has 116 valence electrons. The molecule has 7 heteroatoms. The molecule has 3 N–H and O–H groups in total. The van der Waals surface area contributed by atoms with E-state index in [2.05, 4.69) is 15.6 Å². The normalized spacial score (nSPS) is 26.3. The van der Waals surface area contributed by atoms with Crippen LogP contribution < -0.4 is 10.6 Å². The number of carbonyl (C=O) groups is 2. The van der Waals surface area contributed by atoms with Crippen molar-refractivity contribution in [2.24, 2.45) is 5.41 Å². The van der Waals surface area contributed by atoms with Crippen LogP contribution in [-0.4, -0.2) is 34.7 Å². The van der Waals surface area contributed by atoms with Gasteiger partial charge in [-0.2, -0.15) is 0 Å². The van der Waals surface area contributed by atoms with Crippen LogP contribution in [0.2, 0.25) is 0 Å². The van der Waals surface area contributed by atoms with Crippen LogP contribution in [0, 0.1) is 5.41 Å². The summed E-state index contributed by atoms with van der Waals surface area (Å²) in [5.41, 5.74) is -0.863. The first-order valence-corrected chi connectivity index (χ1v) is 7.98. The number of amides is 2. The summed E-state index contributed by atoms with van der Waals surface area (Å²) in [6.07, 6.45) is 3.87. The Bertz CT molecular complexity index is 506. The molecule has 1 aliphatic carbocycles. The lowest BCUT2D eigenvalue weighted by molar-refractivity contribution is -0.148. The third-order valence-corrected chi connectivity index (χ3v) is 5.20. The van der Waals surface area contributed by atoms with Gasteiger partial charge in [-0.1, -0.05) is 13.3 Å². The highest BCUT2D eigenvalue weighted by Gasteiger charge is 2.45. The van der Waals surface area contributed by atoms with Gasteiger partial charge in [-0.25, -0.2) is 9.78 Å². The maximum atomic E-state index is 12.0. The van der Waals surface area contributed by atoms with Crippen molar-refractivity contribution in [3.63, 3.8) is 0 Å². The van der Waals surface area contributed by atoms with Crippen molar-refractivity contribution in [1.29, 1.82) is 0 Å². The summed E-state index contributed by atoms with van der Waals surface area (Å²) in [6, 6.07) is -0.622. The molecule has 3 unspecified atom stereocenters. The van der Waals surface area contributed by atoms with Crippen molar-refractivity contribution in [2.75, 3.05) is 6.54 Å². The summed E-state index contributed by atoms with van der Waals surface area (Å²) < 4.78 is 0. The average Bonchev–Trinajstić information content (AvgIpc) is 3.07. The van der Waals surface area contributed by atoms with Crippen molar-refractivity contribution >= 4 is 23.3 Å². The predicted octanol–water partition coefficient (Wildman–Crippen LogP) is 2.19. The zero-order valence-electron chi connectivity index (χ0n) is 12.3. The summed E-state index contributed by atoms with van der Waals surface area (Å²) in [6.45, 7) is 4.18. The number of carboxylic acids is 1. The smallest absolute Gasteiger partial charge is 0.315 e. The van der Waals surface area contributed by atoms with Crippen LogP contribution in [0.3, 0.4) is 0 Å². The van der Waals surface area contributed by atoms with E-state index in [0.29, 0.717) is 19.4 Å². The number of nitrogens with zero attached hydrogens (tertiary/aromatic N) is 1. The zero-order valence-corrected chi connectivity index (χ0v) is 13.1. The number of urea groups is 1. The van der Waals surface area contributed by atoms with Crippen LogP contribution >= 0.6 is 11.3 Å². The third kappa shape index (κ3) is 3.53. The van der Waals surface area contributed by atoms with Crippen LogP contribution in [0.25, 0.3) is 0 Å². The number of aliphatic carboxylic acids is 1. The Morgan fingerprint density at radius 2 is 2.38 bits per heavy atom. The van der Waals surface area contributed by atoms with Crippen LogP contribution in [0.4, 0.5) is 4.79 Å². The lowest BCUT2D eigenvalue weighted by Gasteiger charge is -2.27. The highest BCUT2D eigenvalue weighted by atomic mass is 32.1. The largest absolute Gasteiger partial charge is 0.481 e. The van der Waals surface area contributed by atoms with Gasteiger partial charge in [-0.05, 0) is 19.8 Å². The molecule has 0 aliphatic heterocycles. The van der Waals surface area contributed by atoms with Gasteiger partial charge < -0.3 is 15.7 Å². The van der Waals surface area contributed by atoms with Crippen molar-refractivity contribution in [3.05, 3.63) is 16.6 Å². The van der Waals surface area contributed by atoms with E-state index in [-0.39, 0.29) is 18.0 Å². The van der Waals surface area contributed by atoms with Crippen LogP contribution in [-0.2, 0) is 4.79 Å². The van der Waals surface area contributed by atoms with Crippen LogP contribution in [0.1, 0.15) is 44.0 Å². The summed E-state index contributed by atoms with van der Waals surface area (Å²) in [5, 5.41) is 17.8. The molecule has 1 heterocycles. The van der Waals surface area contributed by atoms with Gasteiger partial charge in [-0.3, -0.25) is 4.79 Å². The van der Waals surface area contributed by atoms with E-state index in [1.165, 1.54) is 0 Å². The highest BCUT2D eigenvalue weighted by molar-refractivity contribution is 7.09. The van der Waals surface area contributed by atoms with E-state index in [1.807, 2.05) is 12.3 Å². The Morgan fingerprint density at radius 3 is 3.00 bits per heavy atom. The van der Waals surface area contributed by atoms with Crippen molar-refractivity contribution in [1.82, 2.24) is 15.6 Å². The Hall–Kier alpha value is -1.63. The minimum atomic E-state index is -0.863. The zero-order chi connectivity index (χ0) is 15.5. The second-order valence-corrected chi connectivity index (χ2v) is 6.72. The number of hydrogen-bond acceptors (Lipinski definition) is 4. The van der Waals surface area contributed by atoms with Crippen LogP contribution in [0.5, 0.6) is 0 Å². The first-order chi connectivity index (χ1) is 9.93. The minimum Gasteiger partial charge on any atom is -0.481 e. The Morgan fingerprint density at radius 1 is 1.62 bits per heavy atom. The molecule has 0 radical (unpaired) electrons. The second kappa shape index (κ2) is 6.43. The fourth-order valence-corrected chi connectivity index (χ4v) is 3.37. The van der Waals surface area contributed by atoms with Gasteiger partial charge in [0.15, 0.2) is 0 Å². The number of carboxylic acid groups (broad SMARTS) is 1. The molecule has 3 atom stereocenters. The van der Waals surface area contributed by atoms with Gasteiger partial charge in [0.1, 0.15) is 0 Å². The van der Waals surface area contributed by atoms with Gasteiger partial charge in [0.2, 0.25) is 0 Å². The molecule has 1 aliphatic rings. The molecule has 2 rings (SSSR count). The molecule has 21 heavy (non-hydrogen) atoms. The summed E-state index contributed by atoms with van der Waals surface area (Å²) in [4.78, 5) is 27.5. The molecule has 0 aromatic carbocycles. The number of rotatable bonds is 5. The molecule has 1 fully saturated rings. The minimum absolute atomic E-state index is 0.144. The van der Waals surface area contributed by atoms with E-state index in [9.17, 15) is 14.7 Å². The highest BCUT2D eigenvalue weighted by Crippen LogP contribution is 2.38. The summed E-state index contributed by atoms with van der Waals surface area (Å²) in [7, 11) is 0. The topological polar surface area (TPSA) is 91.3 Å². The molecular weight excluding hydrogens is 290 g/mol. The fraction of sp³-hybridized carbons (Fsp3) is 0.643. The molecule has 1 aromatic heterocycles. The number of hydrogen-bond donors (Lipinski definition) is 3. The van der Waals surface area contributed by atoms with E-state index in [0.717, 1.165) is 11.4 Å². The van der Waals surface area contributed by atoms with Gasteiger partial charge in [-0.15, -0.1) is 11.3 Å². The van der Waals surface area contributed by atoms with Crippen molar-refractivity contribution < 1.29 is 14.7 Å². The SMILES string of the molecule is CC(CNC(=O)NC1CCCC1(C)C(=O)O)c1nccs1. The van der Waals surface area contributed by atoms with Gasteiger partial charge in [0.05, 0.1) is 10.4 Å². The lowest BCUT2D eigenvalue weighted by Crippen LogP contribution is -2.50. The van der Waals surface area contributed by atoms with Crippen LogP contribution in [0.15, 0.2) is 11.6 Å². The van der Waals surface area contributed by atoms with E-state index in [1.54, 1.807) is 24.5 Å². The first kappa shape index (κ1) is 15.8. The molecule has 1 saturated carbocycles. The summed E-state index contributed by atoms with van der Waals surface area (Å²) in [5.74, 6) is -0.702. The molecule has 0 saturated heterocycles. The third-order valence-electron chi connectivity index (χ3n) is 4.19. The molecule has 2 amide bonds. The Kier molecular flexibility index (Phi) is 4.82. The predicted molar refractivity (Wildman–Crippen MR) is 80.4 cm³/mol. The second-order valence-electron chi connectivity index (χ2n) is 5.79. The van der Waals surface area contributed by atoms with E-state index >= 15 is 0 Å². The molecule has 0 bridgehead atoms. The fourth-order valence-electron chi connectivity index (χ4n) is 2.67. The Balaban J connectivity index is 1.83. The van der Waals surface area contributed by atoms with Crippen molar-refractivity contribution in [2.45, 2.75) is 45.1 Å². The number of carbonyl (C=O) groups excluding carboxylic acids is 1. The standard InChI is InChI=1S/C14H21N3O3S/c1-9(11-15-6-7-21-11)8-16-13(20)17-10-4-3-5-14(10,2)12(18)19/h6-7,9-10H,3-5,8H2,1-2H3,(H,18,19)(H2,16,17,20).